The summed E-state index contributed by atoms with van der Waals surface area (Å²) in [5.41, 5.74) is 5.15. The lowest BCUT2D eigenvalue weighted by Crippen LogP contribution is -2.27. The van der Waals surface area contributed by atoms with Crippen molar-refractivity contribution in [3.8, 4) is 16.9 Å². The van der Waals surface area contributed by atoms with Crippen molar-refractivity contribution in [3.63, 3.8) is 0 Å². The van der Waals surface area contributed by atoms with Gasteiger partial charge in [0, 0.05) is 37.0 Å². The Bertz CT molecular complexity index is 985. The maximum Gasteiger partial charge on any atom is 0.230 e. The third kappa shape index (κ3) is 4.03. The topological polar surface area (TPSA) is 67.5 Å². The van der Waals surface area contributed by atoms with Crippen LogP contribution in [-0.4, -0.2) is 36.9 Å². The molecule has 3 aromatic rings. The van der Waals surface area contributed by atoms with Crippen molar-refractivity contribution in [2.75, 3.05) is 25.7 Å². The minimum absolute atomic E-state index is 0.0125. The Morgan fingerprint density at radius 3 is 2.86 bits per heavy atom. The summed E-state index contributed by atoms with van der Waals surface area (Å²) in [6.07, 6.45) is 5.22. The molecule has 2 heterocycles. The number of H-pyrrole nitrogens is 1. The first kappa shape index (κ1) is 19.2. The predicted octanol–water partition coefficient (Wildman–Crippen LogP) is 3.83. The van der Waals surface area contributed by atoms with Crippen LogP contribution in [0.5, 0.6) is 5.75 Å². The number of carbonyl (C=O) groups is 1. The van der Waals surface area contributed by atoms with Gasteiger partial charge in [0.1, 0.15) is 5.75 Å². The van der Waals surface area contributed by atoms with E-state index in [0.717, 1.165) is 53.1 Å². The number of rotatable bonds is 7. The van der Waals surface area contributed by atoms with Crippen LogP contribution in [0.25, 0.3) is 11.1 Å². The fourth-order valence-corrected chi connectivity index (χ4v) is 3.97. The fraction of sp³-hybridized carbons (Fsp3) is 0.304. The summed E-state index contributed by atoms with van der Waals surface area (Å²) in [6.45, 7) is 1.20. The molecule has 0 aliphatic carbocycles. The molecule has 1 aliphatic rings. The summed E-state index contributed by atoms with van der Waals surface area (Å²) in [5.74, 6) is 0.984. The second-order valence-corrected chi connectivity index (χ2v) is 7.29. The van der Waals surface area contributed by atoms with Crippen LogP contribution in [0, 0.1) is 5.92 Å². The minimum Gasteiger partial charge on any atom is -0.497 e. The summed E-state index contributed by atoms with van der Waals surface area (Å²) in [4.78, 5) is 15.0. The third-order valence-electron chi connectivity index (χ3n) is 5.44. The van der Waals surface area contributed by atoms with E-state index in [2.05, 4.69) is 22.3 Å². The van der Waals surface area contributed by atoms with Crippen molar-refractivity contribution in [1.29, 1.82) is 0 Å². The lowest BCUT2D eigenvalue weighted by molar-refractivity contribution is -0.120. The molecule has 0 spiro atoms. The molecule has 1 N–H and O–H groups in total. The first-order valence-corrected chi connectivity index (χ1v) is 9.75. The predicted molar refractivity (Wildman–Crippen MR) is 112 cm³/mol. The molecule has 1 amide bonds. The molecule has 1 unspecified atom stereocenters. The lowest BCUT2D eigenvalue weighted by atomic mass is 9.98. The summed E-state index contributed by atoms with van der Waals surface area (Å²) < 4.78 is 10.7. The molecule has 1 fully saturated rings. The number of anilines is 1. The molecule has 1 aromatic heterocycles. The summed E-state index contributed by atoms with van der Waals surface area (Å²) in [6, 6.07) is 14.0. The van der Waals surface area contributed by atoms with Gasteiger partial charge < -0.3 is 14.4 Å². The van der Waals surface area contributed by atoms with Gasteiger partial charge in [0.15, 0.2) is 0 Å². The number of ether oxygens (including phenoxy) is 2. The average molecular weight is 391 g/mol. The monoisotopic (exact) mass is 391 g/mol. The molecule has 1 atom stereocenters. The maximum absolute atomic E-state index is 13.1. The van der Waals surface area contributed by atoms with E-state index in [-0.39, 0.29) is 11.8 Å². The Hall–Kier alpha value is -3.12. The quantitative estimate of drug-likeness (QED) is 0.665. The summed E-state index contributed by atoms with van der Waals surface area (Å²) >= 11 is 0. The van der Waals surface area contributed by atoms with Crippen molar-refractivity contribution in [1.82, 2.24) is 10.2 Å². The standard InChI is InChI=1S/C23H25N3O3/c1-28-15-18-12-20(6-7-22(18)19-13-24-25-14-19)26-9-8-17(23(26)27)10-16-4-3-5-21(11-16)29-2/h3-7,11-14,17H,8-10,15H2,1-2H3,(H,24,25). The first-order valence-electron chi connectivity index (χ1n) is 9.75. The smallest absolute Gasteiger partial charge is 0.230 e. The Morgan fingerprint density at radius 2 is 2.10 bits per heavy atom. The third-order valence-corrected chi connectivity index (χ3v) is 5.44. The van der Waals surface area contributed by atoms with Crippen LogP contribution in [0.1, 0.15) is 17.5 Å². The zero-order chi connectivity index (χ0) is 20.2. The summed E-state index contributed by atoms with van der Waals surface area (Å²) in [7, 11) is 3.34. The van der Waals surface area contributed by atoms with Gasteiger partial charge in [-0.15, -0.1) is 0 Å². The van der Waals surface area contributed by atoms with Crippen LogP contribution in [0.2, 0.25) is 0 Å². The molecule has 4 rings (SSSR count). The van der Waals surface area contributed by atoms with Crippen molar-refractivity contribution >= 4 is 11.6 Å². The molecule has 6 nitrogen and oxygen atoms in total. The Labute approximate surface area is 170 Å². The molecule has 1 aliphatic heterocycles. The fourth-order valence-electron chi connectivity index (χ4n) is 3.97. The number of hydrogen-bond acceptors (Lipinski definition) is 4. The van der Waals surface area contributed by atoms with Crippen molar-refractivity contribution in [2.24, 2.45) is 5.92 Å². The van der Waals surface area contributed by atoms with Crippen LogP contribution in [0.15, 0.2) is 54.9 Å². The van der Waals surface area contributed by atoms with E-state index < -0.39 is 0 Å². The van der Waals surface area contributed by atoms with E-state index in [4.69, 9.17) is 9.47 Å². The van der Waals surface area contributed by atoms with E-state index in [1.165, 1.54) is 0 Å². The van der Waals surface area contributed by atoms with Gasteiger partial charge >= 0.3 is 0 Å². The van der Waals surface area contributed by atoms with Crippen molar-refractivity contribution in [3.05, 3.63) is 66.0 Å². The molecule has 0 radical (unpaired) electrons. The molecule has 6 heteroatoms. The largest absolute Gasteiger partial charge is 0.497 e. The number of aromatic nitrogens is 2. The highest BCUT2D eigenvalue weighted by molar-refractivity contribution is 5.97. The van der Waals surface area contributed by atoms with Gasteiger partial charge in [-0.25, -0.2) is 0 Å². The minimum atomic E-state index is -0.0125. The van der Waals surface area contributed by atoms with Gasteiger partial charge in [-0.2, -0.15) is 5.10 Å². The van der Waals surface area contributed by atoms with Gasteiger partial charge in [0.25, 0.3) is 0 Å². The highest BCUT2D eigenvalue weighted by Gasteiger charge is 2.32. The SMILES string of the molecule is COCc1cc(N2CCC(Cc3cccc(OC)c3)C2=O)ccc1-c1cn[nH]c1. The van der Waals surface area contributed by atoms with Crippen LogP contribution >= 0.6 is 0 Å². The van der Waals surface area contributed by atoms with Crippen LogP contribution in [-0.2, 0) is 22.6 Å². The van der Waals surface area contributed by atoms with E-state index in [9.17, 15) is 4.79 Å². The number of aromatic amines is 1. The van der Waals surface area contributed by atoms with Crippen molar-refractivity contribution < 1.29 is 14.3 Å². The first-order chi connectivity index (χ1) is 14.2. The number of nitrogens with zero attached hydrogens (tertiary/aromatic N) is 2. The molecule has 1 saturated heterocycles. The van der Waals surface area contributed by atoms with Crippen LogP contribution < -0.4 is 9.64 Å². The van der Waals surface area contributed by atoms with Gasteiger partial charge in [-0.05, 0) is 53.8 Å². The highest BCUT2D eigenvalue weighted by atomic mass is 16.5. The molecule has 0 bridgehead atoms. The second kappa shape index (κ2) is 8.49. The maximum atomic E-state index is 13.1. The number of nitrogens with one attached hydrogen (secondary N) is 1. The zero-order valence-electron chi connectivity index (χ0n) is 16.7. The van der Waals surface area contributed by atoms with E-state index in [1.807, 2.05) is 41.4 Å². The number of hydrogen-bond donors (Lipinski definition) is 1. The van der Waals surface area contributed by atoms with Gasteiger partial charge in [-0.1, -0.05) is 18.2 Å². The van der Waals surface area contributed by atoms with Crippen molar-refractivity contribution in [2.45, 2.75) is 19.4 Å². The van der Waals surface area contributed by atoms with Crippen LogP contribution in [0.3, 0.4) is 0 Å². The second-order valence-electron chi connectivity index (χ2n) is 7.29. The lowest BCUT2D eigenvalue weighted by Gasteiger charge is -2.19. The Balaban J connectivity index is 1.54. The number of methoxy groups -OCH3 is 2. The van der Waals surface area contributed by atoms with E-state index in [0.29, 0.717) is 6.61 Å². The number of amides is 1. The molecular formula is C23H25N3O3. The molecule has 0 saturated carbocycles. The van der Waals surface area contributed by atoms with Gasteiger partial charge in [0.05, 0.1) is 19.9 Å². The molecule has 29 heavy (non-hydrogen) atoms. The van der Waals surface area contributed by atoms with E-state index >= 15 is 0 Å². The average Bonchev–Trinajstić information content (AvgIpc) is 3.39. The zero-order valence-corrected chi connectivity index (χ0v) is 16.7. The molecule has 150 valence electrons. The summed E-state index contributed by atoms with van der Waals surface area (Å²) in [5, 5.41) is 6.88. The van der Waals surface area contributed by atoms with Gasteiger partial charge in [0.2, 0.25) is 5.91 Å². The number of carbonyl (C=O) groups excluding carboxylic acids is 1. The molecule has 2 aromatic carbocycles. The Kier molecular flexibility index (Phi) is 5.62. The van der Waals surface area contributed by atoms with Crippen LogP contribution in [0.4, 0.5) is 5.69 Å². The normalized spacial score (nSPS) is 16.4. The van der Waals surface area contributed by atoms with Gasteiger partial charge in [-0.3, -0.25) is 9.89 Å². The van der Waals surface area contributed by atoms with E-state index in [1.54, 1.807) is 20.4 Å². The number of benzene rings is 2. The molecular weight excluding hydrogens is 366 g/mol. The highest BCUT2D eigenvalue weighted by Crippen LogP contribution is 2.32. The Morgan fingerprint density at radius 1 is 1.21 bits per heavy atom.